The summed E-state index contributed by atoms with van der Waals surface area (Å²) in [5, 5.41) is 2.05. The number of nitrogens with zero attached hydrogens (tertiary/aromatic N) is 2. The summed E-state index contributed by atoms with van der Waals surface area (Å²) in [7, 11) is 2.04. The van der Waals surface area contributed by atoms with E-state index in [0.29, 0.717) is 5.56 Å². The molecule has 0 saturated heterocycles. The second kappa shape index (κ2) is 6.92. The van der Waals surface area contributed by atoms with Crippen molar-refractivity contribution in [3.8, 4) is 0 Å². The van der Waals surface area contributed by atoms with Crippen LogP contribution in [0.5, 0.6) is 0 Å². The van der Waals surface area contributed by atoms with Crippen molar-refractivity contribution in [3.63, 3.8) is 0 Å². The zero-order valence-electron chi connectivity index (χ0n) is 11.8. The van der Waals surface area contributed by atoms with Crippen molar-refractivity contribution in [2.45, 2.75) is 25.9 Å². The minimum Gasteiger partial charge on any atom is -0.324 e. The van der Waals surface area contributed by atoms with E-state index in [9.17, 15) is 4.39 Å². The zero-order chi connectivity index (χ0) is 14.5. The second-order valence-electron chi connectivity index (χ2n) is 5.12. The Hall–Kier alpha value is -1.30. The van der Waals surface area contributed by atoms with Gasteiger partial charge in [-0.3, -0.25) is 0 Å². The van der Waals surface area contributed by atoms with E-state index >= 15 is 0 Å². The standard InChI is InChI=1S/C15H20FN3S/c1-11-3-4-12(7-14(11)16)15(17)5-6-19(2)8-13-9-20-10-18-13/h3-4,7,9-10,15H,5-6,8,17H2,1-2H3. The molecule has 0 aliphatic carbocycles. The van der Waals surface area contributed by atoms with E-state index in [1.165, 1.54) is 0 Å². The topological polar surface area (TPSA) is 42.1 Å². The predicted octanol–water partition coefficient (Wildman–Crippen LogP) is 3.11. The third-order valence-electron chi connectivity index (χ3n) is 3.36. The fourth-order valence-electron chi connectivity index (χ4n) is 2.04. The highest BCUT2D eigenvalue weighted by molar-refractivity contribution is 7.07. The normalized spacial score (nSPS) is 12.8. The summed E-state index contributed by atoms with van der Waals surface area (Å²) >= 11 is 1.60. The molecule has 1 aromatic heterocycles. The lowest BCUT2D eigenvalue weighted by Gasteiger charge is -2.19. The molecule has 0 spiro atoms. The van der Waals surface area contributed by atoms with E-state index in [4.69, 9.17) is 5.73 Å². The van der Waals surface area contributed by atoms with Crippen molar-refractivity contribution < 1.29 is 4.39 Å². The van der Waals surface area contributed by atoms with Crippen molar-refractivity contribution in [2.75, 3.05) is 13.6 Å². The molecule has 0 amide bonds. The largest absolute Gasteiger partial charge is 0.324 e. The summed E-state index contributed by atoms with van der Waals surface area (Å²) in [6.45, 7) is 3.43. The summed E-state index contributed by atoms with van der Waals surface area (Å²) in [5.74, 6) is -0.186. The van der Waals surface area contributed by atoms with Gasteiger partial charge in [0.1, 0.15) is 5.82 Å². The number of hydrogen-bond donors (Lipinski definition) is 1. The van der Waals surface area contributed by atoms with Gasteiger partial charge in [-0.15, -0.1) is 11.3 Å². The summed E-state index contributed by atoms with van der Waals surface area (Å²) in [6.07, 6.45) is 0.795. The second-order valence-corrected chi connectivity index (χ2v) is 5.84. The van der Waals surface area contributed by atoms with E-state index in [1.807, 2.05) is 24.0 Å². The maximum atomic E-state index is 13.5. The zero-order valence-corrected chi connectivity index (χ0v) is 12.7. The minimum absolute atomic E-state index is 0.136. The highest BCUT2D eigenvalue weighted by Crippen LogP contribution is 2.18. The third kappa shape index (κ3) is 4.10. The molecule has 108 valence electrons. The Balaban J connectivity index is 1.85. The van der Waals surface area contributed by atoms with Crippen molar-refractivity contribution in [1.29, 1.82) is 0 Å². The Bertz CT molecular complexity index is 542. The van der Waals surface area contributed by atoms with Crippen molar-refractivity contribution in [2.24, 2.45) is 5.73 Å². The van der Waals surface area contributed by atoms with Crippen LogP contribution in [0.2, 0.25) is 0 Å². The van der Waals surface area contributed by atoms with Gasteiger partial charge in [0.15, 0.2) is 0 Å². The lowest BCUT2D eigenvalue weighted by atomic mass is 10.0. The Morgan fingerprint density at radius 3 is 2.90 bits per heavy atom. The minimum atomic E-state index is -0.186. The lowest BCUT2D eigenvalue weighted by molar-refractivity contribution is 0.308. The maximum Gasteiger partial charge on any atom is 0.126 e. The number of halogens is 1. The Morgan fingerprint density at radius 1 is 1.45 bits per heavy atom. The molecular formula is C15H20FN3S. The number of aromatic nitrogens is 1. The van der Waals surface area contributed by atoms with Crippen molar-refractivity contribution in [3.05, 3.63) is 51.7 Å². The van der Waals surface area contributed by atoms with Gasteiger partial charge in [-0.25, -0.2) is 9.37 Å². The van der Waals surface area contributed by atoms with Gasteiger partial charge in [-0.1, -0.05) is 12.1 Å². The van der Waals surface area contributed by atoms with Crippen LogP contribution in [0, 0.1) is 12.7 Å². The van der Waals surface area contributed by atoms with Crippen LogP contribution >= 0.6 is 11.3 Å². The fourth-order valence-corrected chi connectivity index (χ4v) is 2.59. The number of rotatable bonds is 6. The SMILES string of the molecule is Cc1ccc(C(N)CCN(C)Cc2cscn2)cc1F. The Kier molecular flexibility index (Phi) is 5.23. The molecule has 0 radical (unpaired) electrons. The van der Waals surface area contributed by atoms with Gasteiger partial charge in [-0.05, 0) is 37.6 Å². The lowest BCUT2D eigenvalue weighted by Crippen LogP contribution is -2.23. The first-order valence-electron chi connectivity index (χ1n) is 6.63. The number of hydrogen-bond acceptors (Lipinski definition) is 4. The van der Waals surface area contributed by atoms with Gasteiger partial charge >= 0.3 is 0 Å². The predicted molar refractivity (Wildman–Crippen MR) is 81.1 cm³/mol. The fraction of sp³-hybridized carbons (Fsp3) is 0.400. The van der Waals surface area contributed by atoms with Crippen LogP contribution in [0.15, 0.2) is 29.1 Å². The van der Waals surface area contributed by atoms with Gasteiger partial charge in [0, 0.05) is 24.5 Å². The number of thiazole rings is 1. The van der Waals surface area contributed by atoms with Gasteiger partial charge in [0.05, 0.1) is 11.2 Å². The number of aryl methyl sites for hydroxylation is 1. The molecule has 2 rings (SSSR count). The monoisotopic (exact) mass is 293 g/mol. The van der Waals surface area contributed by atoms with Crippen LogP contribution in [-0.4, -0.2) is 23.5 Å². The highest BCUT2D eigenvalue weighted by atomic mass is 32.1. The number of benzene rings is 1. The van der Waals surface area contributed by atoms with Crippen LogP contribution in [-0.2, 0) is 6.54 Å². The van der Waals surface area contributed by atoms with Gasteiger partial charge < -0.3 is 10.6 Å². The van der Waals surface area contributed by atoms with Gasteiger partial charge in [0.2, 0.25) is 0 Å². The average Bonchev–Trinajstić information content (AvgIpc) is 2.92. The molecule has 20 heavy (non-hydrogen) atoms. The number of nitrogens with two attached hydrogens (primary N) is 1. The molecule has 0 aliphatic heterocycles. The van der Waals surface area contributed by atoms with Crippen molar-refractivity contribution >= 4 is 11.3 Å². The molecule has 1 heterocycles. The van der Waals surface area contributed by atoms with E-state index in [0.717, 1.165) is 30.8 Å². The molecule has 0 saturated carbocycles. The van der Waals surface area contributed by atoms with E-state index in [2.05, 4.69) is 9.88 Å². The average molecular weight is 293 g/mol. The first-order chi connectivity index (χ1) is 9.56. The molecule has 2 aromatic rings. The first kappa shape index (κ1) is 15.1. The molecule has 0 aliphatic rings. The van der Waals surface area contributed by atoms with E-state index in [-0.39, 0.29) is 11.9 Å². The Labute approximate surface area is 123 Å². The Morgan fingerprint density at radius 2 is 2.25 bits per heavy atom. The van der Waals surface area contributed by atoms with Crippen LogP contribution in [0.25, 0.3) is 0 Å². The van der Waals surface area contributed by atoms with Crippen LogP contribution in [0.3, 0.4) is 0 Å². The van der Waals surface area contributed by atoms with Crippen LogP contribution in [0.4, 0.5) is 4.39 Å². The maximum absolute atomic E-state index is 13.5. The summed E-state index contributed by atoms with van der Waals surface area (Å²) in [6, 6.07) is 5.09. The van der Waals surface area contributed by atoms with E-state index in [1.54, 1.807) is 30.4 Å². The molecule has 0 bridgehead atoms. The van der Waals surface area contributed by atoms with Crippen LogP contribution < -0.4 is 5.73 Å². The molecule has 3 nitrogen and oxygen atoms in total. The third-order valence-corrected chi connectivity index (χ3v) is 4.00. The van der Waals surface area contributed by atoms with Crippen LogP contribution in [0.1, 0.15) is 29.3 Å². The molecular weight excluding hydrogens is 273 g/mol. The molecule has 0 fully saturated rings. The van der Waals surface area contributed by atoms with E-state index < -0.39 is 0 Å². The van der Waals surface area contributed by atoms with Crippen molar-refractivity contribution in [1.82, 2.24) is 9.88 Å². The first-order valence-corrected chi connectivity index (χ1v) is 7.58. The smallest absolute Gasteiger partial charge is 0.126 e. The quantitative estimate of drug-likeness (QED) is 0.890. The molecule has 1 atom stereocenters. The molecule has 2 N–H and O–H groups in total. The summed E-state index contributed by atoms with van der Waals surface area (Å²) in [4.78, 5) is 6.44. The molecule has 1 unspecified atom stereocenters. The highest BCUT2D eigenvalue weighted by Gasteiger charge is 2.10. The van der Waals surface area contributed by atoms with Gasteiger partial charge in [-0.2, -0.15) is 0 Å². The molecule has 5 heteroatoms. The summed E-state index contributed by atoms with van der Waals surface area (Å²) in [5.41, 5.74) is 10.6. The van der Waals surface area contributed by atoms with Gasteiger partial charge in [0.25, 0.3) is 0 Å². The summed E-state index contributed by atoms with van der Waals surface area (Å²) < 4.78 is 13.5. The molecule has 1 aromatic carbocycles.